The molecule has 1 aliphatic heterocycles. The summed E-state index contributed by atoms with van der Waals surface area (Å²) in [5, 5.41) is 14.9. The average Bonchev–Trinajstić information content (AvgIpc) is 3.35. The van der Waals surface area contributed by atoms with Gasteiger partial charge in [0, 0.05) is 24.8 Å². The summed E-state index contributed by atoms with van der Waals surface area (Å²) in [6, 6.07) is 11.7. The van der Waals surface area contributed by atoms with E-state index in [9.17, 15) is 4.79 Å². The number of pyridine rings is 1. The molecule has 1 aliphatic rings. The number of benzene rings is 1. The first kappa shape index (κ1) is 17.5. The monoisotopic (exact) mass is 388 g/mol. The molecular formula is C20H20N8O. The van der Waals surface area contributed by atoms with E-state index < -0.39 is 0 Å². The highest BCUT2D eigenvalue weighted by molar-refractivity contribution is 5.83. The molecule has 1 amide bonds. The van der Waals surface area contributed by atoms with Gasteiger partial charge in [-0.1, -0.05) is 24.6 Å². The van der Waals surface area contributed by atoms with Crippen molar-refractivity contribution in [3.05, 3.63) is 60.3 Å². The smallest absolute Gasteiger partial charge is 0.231 e. The molecule has 0 radical (unpaired) electrons. The topological polar surface area (TPSA) is 103 Å². The summed E-state index contributed by atoms with van der Waals surface area (Å²) in [7, 11) is 0. The number of aryl methyl sites for hydroxylation is 1. The standard InChI is InChI=1S/C20H20N8O/c29-20(15-7-3-4-11-28-19(15)24-25-26-28)22-12-14-6-5-10-21-18(14)27-13-23-16-8-1-2-9-17(16)27/h1-2,5-6,8-10,13,15H,3-4,7,11-12H2,(H,22,29)/t15-/m0/s1. The summed E-state index contributed by atoms with van der Waals surface area (Å²) in [5.41, 5.74) is 2.79. The molecule has 0 saturated carbocycles. The van der Waals surface area contributed by atoms with Gasteiger partial charge in [0.2, 0.25) is 5.91 Å². The molecule has 1 aromatic carbocycles. The Labute approximate surface area is 166 Å². The van der Waals surface area contributed by atoms with Crippen LogP contribution in [0.2, 0.25) is 0 Å². The largest absolute Gasteiger partial charge is 0.351 e. The summed E-state index contributed by atoms with van der Waals surface area (Å²) in [6.07, 6.45) is 6.19. The molecule has 29 heavy (non-hydrogen) atoms. The Bertz CT molecular complexity index is 1160. The van der Waals surface area contributed by atoms with Crippen molar-refractivity contribution in [2.24, 2.45) is 0 Å². The third-order valence-corrected chi connectivity index (χ3v) is 5.30. The predicted octanol–water partition coefficient (Wildman–Crippen LogP) is 1.99. The van der Waals surface area contributed by atoms with Crippen molar-refractivity contribution in [3.8, 4) is 5.82 Å². The van der Waals surface area contributed by atoms with Crippen LogP contribution in [0.4, 0.5) is 0 Å². The number of fused-ring (bicyclic) bond motifs is 2. The van der Waals surface area contributed by atoms with Crippen LogP contribution in [0, 0.1) is 0 Å². The summed E-state index contributed by atoms with van der Waals surface area (Å²) < 4.78 is 3.69. The highest BCUT2D eigenvalue weighted by Gasteiger charge is 2.28. The molecule has 0 fully saturated rings. The molecule has 4 heterocycles. The molecule has 3 aromatic heterocycles. The van der Waals surface area contributed by atoms with Crippen LogP contribution in [-0.4, -0.2) is 40.6 Å². The number of nitrogens with zero attached hydrogens (tertiary/aromatic N) is 7. The predicted molar refractivity (Wildman–Crippen MR) is 105 cm³/mol. The minimum atomic E-state index is -0.332. The molecule has 1 N–H and O–H groups in total. The minimum Gasteiger partial charge on any atom is -0.351 e. The van der Waals surface area contributed by atoms with Gasteiger partial charge in [-0.2, -0.15) is 0 Å². The number of para-hydroxylation sites is 2. The maximum absolute atomic E-state index is 12.9. The highest BCUT2D eigenvalue weighted by atomic mass is 16.1. The third-order valence-electron chi connectivity index (χ3n) is 5.30. The summed E-state index contributed by atoms with van der Waals surface area (Å²) in [6.45, 7) is 1.12. The average molecular weight is 388 g/mol. The van der Waals surface area contributed by atoms with Crippen LogP contribution >= 0.6 is 0 Å². The van der Waals surface area contributed by atoms with Crippen LogP contribution in [0.1, 0.15) is 36.6 Å². The zero-order valence-corrected chi connectivity index (χ0v) is 15.8. The van der Waals surface area contributed by atoms with Gasteiger partial charge in [-0.05, 0) is 41.5 Å². The van der Waals surface area contributed by atoms with Gasteiger partial charge < -0.3 is 5.32 Å². The van der Waals surface area contributed by atoms with E-state index in [0.717, 1.165) is 48.2 Å². The molecule has 146 valence electrons. The molecule has 9 nitrogen and oxygen atoms in total. The van der Waals surface area contributed by atoms with Crippen molar-refractivity contribution in [1.29, 1.82) is 0 Å². The Morgan fingerprint density at radius 1 is 1.14 bits per heavy atom. The fourth-order valence-corrected chi connectivity index (χ4v) is 3.83. The van der Waals surface area contributed by atoms with Crippen LogP contribution in [0.25, 0.3) is 16.9 Å². The zero-order valence-electron chi connectivity index (χ0n) is 15.8. The van der Waals surface area contributed by atoms with E-state index in [1.165, 1.54) is 0 Å². The fourth-order valence-electron chi connectivity index (χ4n) is 3.83. The van der Waals surface area contributed by atoms with E-state index >= 15 is 0 Å². The molecular weight excluding hydrogens is 368 g/mol. The normalized spacial score (nSPS) is 16.3. The van der Waals surface area contributed by atoms with Gasteiger partial charge in [0.05, 0.1) is 17.0 Å². The molecule has 0 spiro atoms. The third kappa shape index (κ3) is 3.24. The highest BCUT2D eigenvalue weighted by Crippen LogP contribution is 2.24. The van der Waals surface area contributed by atoms with E-state index in [2.05, 4.69) is 30.8 Å². The SMILES string of the molecule is O=C(NCc1cccnc1-n1cnc2ccccc21)[C@H]1CCCCn2nnnc21. The van der Waals surface area contributed by atoms with Crippen molar-refractivity contribution < 1.29 is 4.79 Å². The van der Waals surface area contributed by atoms with Crippen LogP contribution in [0.3, 0.4) is 0 Å². The molecule has 5 rings (SSSR count). The lowest BCUT2D eigenvalue weighted by atomic mass is 10.0. The van der Waals surface area contributed by atoms with E-state index in [1.54, 1.807) is 17.2 Å². The summed E-state index contributed by atoms with van der Waals surface area (Å²) in [5.74, 6) is 1.01. The zero-order chi connectivity index (χ0) is 19.6. The Morgan fingerprint density at radius 3 is 3.03 bits per heavy atom. The number of hydrogen-bond donors (Lipinski definition) is 1. The summed E-state index contributed by atoms with van der Waals surface area (Å²) >= 11 is 0. The van der Waals surface area contributed by atoms with Crippen molar-refractivity contribution >= 4 is 16.9 Å². The van der Waals surface area contributed by atoms with Crippen molar-refractivity contribution in [1.82, 2.24) is 40.1 Å². The first-order valence-electron chi connectivity index (χ1n) is 9.71. The molecule has 9 heteroatoms. The van der Waals surface area contributed by atoms with Gasteiger partial charge in [-0.3, -0.25) is 9.36 Å². The van der Waals surface area contributed by atoms with Crippen LogP contribution in [0.5, 0.6) is 0 Å². The maximum atomic E-state index is 12.9. The molecule has 0 saturated heterocycles. The lowest BCUT2D eigenvalue weighted by molar-refractivity contribution is -0.123. The van der Waals surface area contributed by atoms with Gasteiger partial charge in [0.1, 0.15) is 12.1 Å². The number of nitrogens with one attached hydrogen (secondary N) is 1. The van der Waals surface area contributed by atoms with E-state index in [-0.39, 0.29) is 11.8 Å². The maximum Gasteiger partial charge on any atom is 0.231 e. The van der Waals surface area contributed by atoms with Crippen molar-refractivity contribution in [2.75, 3.05) is 0 Å². The number of aromatic nitrogens is 7. The Kier molecular flexibility index (Phi) is 4.47. The van der Waals surface area contributed by atoms with E-state index in [0.29, 0.717) is 12.4 Å². The van der Waals surface area contributed by atoms with Crippen LogP contribution in [0.15, 0.2) is 48.9 Å². The van der Waals surface area contributed by atoms with Gasteiger partial charge in [0.25, 0.3) is 0 Å². The molecule has 4 aromatic rings. The number of amides is 1. The minimum absolute atomic E-state index is 0.0618. The van der Waals surface area contributed by atoms with Gasteiger partial charge in [0.15, 0.2) is 5.82 Å². The number of imidazole rings is 1. The lowest BCUT2D eigenvalue weighted by Crippen LogP contribution is -2.30. The number of carbonyl (C=O) groups is 1. The van der Waals surface area contributed by atoms with E-state index in [1.807, 2.05) is 41.0 Å². The number of rotatable bonds is 4. The van der Waals surface area contributed by atoms with Gasteiger partial charge in [-0.25, -0.2) is 14.6 Å². The Hall–Kier alpha value is -3.62. The quantitative estimate of drug-likeness (QED) is 0.573. The number of tetrazole rings is 1. The molecule has 0 bridgehead atoms. The second-order valence-corrected chi connectivity index (χ2v) is 7.12. The summed E-state index contributed by atoms with van der Waals surface area (Å²) in [4.78, 5) is 21.9. The lowest BCUT2D eigenvalue weighted by Gasteiger charge is -2.15. The Morgan fingerprint density at radius 2 is 2.07 bits per heavy atom. The number of carbonyl (C=O) groups excluding carboxylic acids is 1. The number of hydrogen-bond acceptors (Lipinski definition) is 6. The first-order valence-corrected chi connectivity index (χ1v) is 9.71. The van der Waals surface area contributed by atoms with E-state index in [4.69, 9.17) is 0 Å². The second-order valence-electron chi connectivity index (χ2n) is 7.12. The van der Waals surface area contributed by atoms with Crippen LogP contribution in [-0.2, 0) is 17.9 Å². The van der Waals surface area contributed by atoms with Crippen LogP contribution < -0.4 is 5.32 Å². The van der Waals surface area contributed by atoms with Crippen molar-refractivity contribution in [3.63, 3.8) is 0 Å². The molecule has 0 aliphatic carbocycles. The Balaban J connectivity index is 1.39. The molecule has 0 unspecified atom stereocenters. The van der Waals surface area contributed by atoms with Gasteiger partial charge >= 0.3 is 0 Å². The second kappa shape index (κ2) is 7.42. The van der Waals surface area contributed by atoms with Gasteiger partial charge in [-0.15, -0.1) is 5.10 Å². The first-order chi connectivity index (χ1) is 14.3. The van der Waals surface area contributed by atoms with Crippen molar-refractivity contribution in [2.45, 2.75) is 38.3 Å². The fraction of sp³-hybridized carbons (Fsp3) is 0.300. The molecule has 1 atom stereocenters.